The molecule has 0 aliphatic carbocycles. The highest BCUT2D eigenvalue weighted by Gasteiger charge is 2.21. The molecule has 5 rings (SSSR count). The number of aryl methyl sites for hydroxylation is 2. The van der Waals surface area contributed by atoms with E-state index in [1.807, 2.05) is 61.3 Å². The highest BCUT2D eigenvalue weighted by molar-refractivity contribution is 5.93. The normalized spacial score (nSPS) is 11.0. The highest BCUT2D eigenvalue weighted by atomic mass is 16.2. The van der Waals surface area contributed by atoms with E-state index in [-0.39, 0.29) is 5.91 Å². The predicted octanol–water partition coefficient (Wildman–Crippen LogP) is 4.62. The summed E-state index contributed by atoms with van der Waals surface area (Å²) in [5.74, 6) is 0.701. The highest BCUT2D eigenvalue weighted by Crippen LogP contribution is 2.28. The Morgan fingerprint density at radius 1 is 0.944 bits per heavy atom. The van der Waals surface area contributed by atoms with Crippen molar-refractivity contribution in [3.63, 3.8) is 0 Å². The van der Waals surface area contributed by atoms with Gasteiger partial charge in [-0.3, -0.25) is 14.5 Å². The van der Waals surface area contributed by atoms with E-state index < -0.39 is 0 Å². The third-order valence-electron chi connectivity index (χ3n) is 6.09. The summed E-state index contributed by atoms with van der Waals surface area (Å²) in [6.07, 6.45) is 3.31. The van der Waals surface area contributed by atoms with Gasteiger partial charge in [0, 0.05) is 32.2 Å². The third-order valence-corrected chi connectivity index (χ3v) is 6.09. The molecule has 5 aromatic rings. The first-order chi connectivity index (χ1) is 17.5. The molecule has 0 saturated carbocycles. The van der Waals surface area contributed by atoms with Gasteiger partial charge in [0.15, 0.2) is 0 Å². The summed E-state index contributed by atoms with van der Waals surface area (Å²) < 4.78 is 1.63. The SMILES string of the molecule is CNc1ncnc2ccc(-c3cccc(CN(Cc4ccccn4)C(=O)c4cc(C)nn4C)c3)cc12. The molecule has 0 saturated heterocycles. The number of rotatable bonds is 7. The van der Waals surface area contributed by atoms with E-state index >= 15 is 0 Å². The Hall–Kier alpha value is -4.59. The molecule has 1 N–H and O–H groups in total. The Morgan fingerprint density at radius 2 is 1.81 bits per heavy atom. The van der Waals surface area contributed by atoms with Gasteiger partial charge in [-0.1, -0.05) is 30.3 Å². The molecule has 36 heavy (non-hydrogen) atoms. The van der Waals surface area contributed by atoms with Crippen molar-refractivity contribution in [2.45, 2.75) is 20.0 Å². The second-order valence-corrected chi connectivity index (χ2v) is 8.68. The zero-order chi connectivity index (χ0) is 25.1. The number of carbonyl (C=O) groups excluding carboxylic acids is 1. The van der Waals surface area contributed by atoms with Crippen LogP contribution >= 0.6 is 0 Å². The van der Waals surface area contributed by atoms with Crippen molar-refractivity contribution >= 4 is 22.6 Å². The number of benzene rings is 2. The van der Waals surface area contributed by atoms with Crippen molar-refractivity contribution in [2.75, 3.05) is 12.4 Å². The first kappa shape index (κ1) is 23.2. The lowest BCUT2D eigenvalue weighted by molar-refractivity contribution is 0.0716. The van der Waals surface area contributed by atoms with E-state index in [1.165, 1.54) is 0 Å². The zero-order valence-corrected chi connectivity index (χ0v) is 20.5. The van der Waals surface area contributed by atoms with E-state index in [0.717, 1.165) is 44.8 Å². The molecule has 0 aliphatic rings. The minimum Gasteiger partial charge on any atom is -0.373 e. The van der Waals surface area contributed by atoms with Gasteiger partial charge in [-0.15, -0.1) is 0 Å². The van der Waals surface area contributed by atoms with E-state index in [9.17, 15) is 4.79 Å². The van der Waals surface area contributed by atoms with Gasteiger partial charge in [0.2, 0.25) is 0 Å². The summed E-state index contributed by atoms with van der Waals surface area (Å²) in [4.78, 5) is 28.5. The Morgan fingerprint density at radius 3 is 2.56 bits per heavy atom. The van der Waals surface area contributed by atoms with Crippen LogP contribution in [0.25, 0.3) is 22.0 Å². The van der Waals surface area contributed by atoms with Crippen molar-refractivity contribution in [1.82, 2.24) is 29.6 Å². The van der Waals surface area contributed by atoms with Crippen LogP contribution in [-0.4, -0.2) is 42.6 Å². The molecule has 0 bridgehead atoms. The topological polar surface area (TPSA) is 88.8 Å². The lowest BCUT2D eigenvalue weighted by Gasteiger charge is -2.23. The van der Waals surface area contributed by atoms with E-state index in [2.05, 4.69) is 49.6 Å². The van der Waals surface area contributed by atoms with Gasteiger partial charge in [0.05, 0.1) is 23.4 Å². The van der Waals surface area contributed by atoms with Crippen molar-refractivity contribution in [3.05, 3.63) is 102 Å². The van der Waals surface area contributed by atoms with Gasteiger partial charge in [-0.25, -0.2) is 9.97 Å². The van der Waals surface area contributed by atoms with Crippen LogP contribution in [0.3, 0.4) is 0 Å². The Bertz CT molecular complexity index is 1530. The fraction of sp³-hybridized carbons (Fsp3) is 0.179. The van der Waals surface area contributed by atoms with Crippen molar-refractivity contribution in [2.24, 2.45) is 7.05 Å². The van der Waals surface area contributed by atoms with Crippen LogP contribution in [0, 0.1) is 6.92 Å². The maximum atomic E-state index is 13.6. The van der Waals surface area contributed by atoms with Crippen LogP contribution in [0.15, 0.2) is 79.3 Å². The smallest absolute Gasteiger partial charge is 0.272 e. The molecule has 0 radical (unpaired) electrons. The lowest BCUT2D eigenvalue weighted by Crippen LogP contribution is -2.32. The molecule has 2 aromatic carbocycles. The second kappa shape index (κ2) is 9.95. The molecule has 8 heteroatoms. The number of nitrogens with one attached hydrogen (secondary N) is 1. The summed E-state index contributed by atoms with van der Waals surface area (Å²) in [5.41, 5.74) is 6.20. The number of carbonyl (C=O) groups is 1. The molecule has 1 amide bonds. The number of pyridine rings is 1. The standard InChI is InChI=1S/C28H27N7O/c1-19-13-26(34(3)33-19)28(36)35(17-23-9-4-5-12-30-23)16-20-7-6-8-21(14-20)22-10-11-25-24(15-22)27(29-2)32-18-31-25/h4-15,18H,16-17H2,1-3H3,(H,29,31,32). The van der Waals surface area contributed by atoms with Crippen LogP contribution < -0.4 is 5.32 Å². The second-order valence-electron chi connectivity index (χ2n) is 8.68. The quantitative estimate of drug-likeness (QED) is 0.368. The molecule has 0 fully saturated rings. The zero-order valence-electron chi connectivity index (χ0n) is 20.5. The first-order valence-electron chi connectivity index (χ1n) is 11.7. The Balaban J connectivity index is 1.48. The third kappa shape index (κ3) is 4.79. The summed E-state index contributed by atoms with van der Waals surface area (Å²) in [7, 11) is 3.65. The summed E-state index contributed by atoms with van der Waals surface area (Å²) in [6.45, 7) is 2.72. The maximum absolute atomic E-state index is 13.6. The molecule has 8 nitrogen and oxygen atoms in total. The van der Waals surface area contributed by atoms with Gasteiger partial charge in [-0.05, 0) is 60.0 Å². The fourth-order valence-electron chi connectivity index (χ4n) is 4.36. The molecule has 0 aliphatic heterocycles. The van der Waals surface area contributed by atoms with Crippen LogP contribution in [0.1, 0.15) is 27.4 Å². The Kier molecular flexibility index (Phi) is 6.40. The van der Waals surface area contributed by atoms with Crippen LogP contribution in [0.4, 0.5) is 5.82 Å². The molecule has 3 heterocycles. The average molecular weight is 478 g/mol. The van der Waals surface area contributed by atoms with Crippen LogP contribution in [-0.2, 0) is 20.1 Å². The number of aromatic nitrogens is 5. The molecular weight excluding hydrogens is 450 g/mol. The van der Waals surface area contributed by atoms with Gasteiger partial charge in [-0.2, -0.15) is 5.10 Å². The molecule has 0 spiro atoms. The van der Waals surface area contributed by atoms with Crippen LogP contribution in [0.5, 0.6) is 0 Å². The van der Waals surface area contributed by atoms with Gasteiger partial charge < -0.3 is 10.2 Å². The number of hydrogen-bond donors (Lipinski definition) is 1. The molecule has 180 valence electrons. The monoisotopic (exact) mass is 477 g/mol. The first-order valence-corrected chi connectivity index (χ1v) is 11.7. The minimum atomic E-state index is -0.0873. The minimum absolute atomic E-state index is 0.0873. The summed E-state index contributed by atoms with van der Waals surface area (Å²) >= 11 is 0. The molecule has 0 atom stereocenters. The summed E-state index contributed by atoms with van der Waals surface area (Å²) in [6, 6.07) is 22.0. The van der Waals surface area contributed by atoms with Crippen molar-refractivity contribution in [1.29, 1.82) is 0 Å². The maximum Gasteiger partial charge on any atom is 0.272 e. The number of anilines is 1. The largest absolute Gasteiger partial charge is 0.373 e. The number of hydrogen-bond acceptors (Lipinski definition) is 6. The van der Waals surface area contributed by atoms with Crippen LogP contribution in [0.2, 0.25) is 0 Å². The molecular formula is C28H27N7O. The van der Waals surface area contributed by atoms with E-state index in [4.69, 9.17) is 0 Å². The Labute approximate surface area is 209 Å². The predicted molar refractivity (Wildman–Crippen MR) is 140 cm³/mol. The summed E-state index contributed by atoms with van der Waals surface area (Å²) in [5, 5.41) is 8.45. The van der Waals surface area contributed by atoms with Gasteiger partial charge in [0.25, 0.3) is 5.91 Å². The van der Waals surface area contributed by atoms with Crippen molar-refractivity contribution < 1.29 is 4.79 Å². The van der Waals surface area contributed by atoms with Gasteiger partial charge in [0.1, 0.15) is 17.8 Å². The number of nitrogens with zero attached hydrogens (tertiary/aromatic N) is 6. The van der Waals surface area contributed by atoms with E-state index in [1.54, 1.807) is 24.3 Å². The lowest BCUT2D eigenvalue weighted by atomic mass is 10.0. The van der Waals surface area contributed by atoms with E-state index in [0.29, 0.717) is 18.8 Å². The number of fused-ring (bicyclic) bond motifs is 1. The molecule has 0 unspecified atom stereocenters. The van der Waals surface area contributed by atoms with Gasteiger partial charge >= 0.3 is 0 Å². The molecule has 3 aromatic heterocycles. The average Bonchev–Trinajstić information content (AvgIpc) is 3.25. The van der Waals surface area contributed by atoms with Crippen molar-refractivity contribution in [3.8, 4) is 11.1 Å². The number of amides is 1. The fourth-order valence-corrected chi connectivity index (χ4v) is 4.36.